The van der Waals surface area contributed by atoms with E-state index in [4.69, 9.17) is 4.74 Å². The highest BCUT2D eigenvalue weighted by atomic mass is 19.4. The van der Waals surface area contributed by atoms with Crippen molar-refractivity contribution in [2.75, 3.05) is 37.4 Å². The van der Waals surface area contributed by atoms with Crippen LogP contribution in [0.4, 0.5) is 29.3 Å². The molecule has 11 heteroatoms. The Morgan fingerprint density at radius 1 is 0.958 bits per heavy atom. The van der Waals surface area contributed by atoms with Crippen LogP contribution in [0, 0.1) is 5.92 Å². The minimum absolute atomic E-state index is 0.0775. The maximum Gasteiger partial charge on any atom is 0.416 e. The van der Waals surface area contributed by atoms with Crippen molar-refractivity contribution in [1.29, 1.82) is 0 Å². The predicted octanol–water partition coefficient (Wildman–Crippen LogP) is 7.37. The van der Waals surface area contributed by atoms with E-state index in [0.717, 1.165) is 41.0 Å². The first-order valence-electron chi connectivity index (χ1n) is 15.7. The summed E-state index contributed by atoms with van der Waals surface area (Å²) >= 11 is 0. The SMILES string of the molecule is C[C@H]1CN([C@@H](C)CO)C(=O)c2cc(NC(=O)Nc3ccc(C(F)(F)F)cc3)ccc2O[C@@H]1CN(C)Cc1ccc(-c2ccccc2)cc1. The highest BCUT2D eigenvalue weighted by Crippen LogP contribution is 2.32. The highest BCUT2D eigenvalue weighted by Gasteiger charge is 2.34. The highest BCUT2D eigenvalue weighted by molar-refractivity contribution is 6.02. The van der Waals surface area contributed by atoms with E-state index in [-0.39, 0.29) is 41.5 Å². The first kappa shape index (κ1) is 34.5. The lowest BCUT2D eigenvalue weighted by Gasteiger charge is -2.38. The zero-order valence-corrected chi connectivity index (χ0v) is 27.0. The molecule has 5 rings (SSSR count). The molecule has 3 atom stereocenters. The Hall–Kier alpha value is -4.87. The minimum Gasteiger partial charge on any atom is -0.488 e. The maximum absolute atomic E-state index is 13.8. The van der Waals surface area contributed by atoms with E-state index in [1.54, 1.807) is 24.0 Å². The van der Waals surface area contributed by atoms with Gasteiger partial charge in [0.15, 0.2) is 0 Å². The molecule has 3 amide bonds. The molecule has 0 spiro atoms. The number of carbonyl (C=O) groups is 2. The van der Waals surface area contributed by atoms with E-state index in [1.807, 2.05) is 32.2 Å². The van der Waals surface area contributed by atoms with Crippen molar-refractivity contribution in [2.45, 2.75) is 38.7 Å². The van der Waals surface area contributed by atoms with Gasteiger partial charge in [0.1, 0.15) is 11.9 Å². The average Bonchev–Trinajstić information content (AvgIpc) is 3.06. The Kier molecular flexibility index (Phi) is 10.7. The lowest BCUT2D eigenvalue weighted by Crippen LogP contribution is -2.49. The van der Waals surface area contributed by atoms with Crippen LogP contribution in [0.1, 0.15) is 35.3 Å². The second-order valence-corrected chi connectivity index (χ2v) is 12.2. The van der Waals surface area contributed by atoms with E-state index < -0.39 is 23.8 Å². The molecule has 4 aromatic carbocycles. The number of aliphatic hydroxyl groups is 1. The van der Waals surface area contributed by atoms with Crippen LogP contribution in [0.2, 0.25) is 0 Å². The number of anilines is 2. The van der Waals surface area contributed by atoms with Gasteiger partial charge in [-0.25, -0.2) is 4.79 Å². The summed E-state index contributed by atoms with van der Waals surface area (Å²) in [6, 6.07) is 26.3. The largest absolute Gasteiger partial charge is 0.488 e. The molecule has 0 aliphatic carbocycles. The fourth-order valence-corrected chi connectivity index (χ4v) is 5.67. The van der Waals surface area contributed by atoms with Gasteiger partial charge in [-0.05, 0) is 73.1 Å². The Balaban J connectivity index is 1.30. The van der Waals surface area contributed by atoms with E-state index in [0.29, 0.717) is 25.4 Å². The summed E-state index contributed by atoms with van der Waals surface area (Å²) < 4.78 is 45.2. The number of amides is 3. The molecule has 8 nitrogen and oxygen atoms in total. The molecule has 0 radical (unpaired) electrons. The number of benzene rings is 4. The zero-order valence-electron chi connectivity index (χ0n) is 27.0. The number of likely N-dealkylation sites (N-methyl/N-ethyl adjacent to an activating group) is 1. The third kappa shape index (κ3) is 8.53. The van der Waals surface area contributed by atoms with Crippen LogP contribution in [0.5, 0.6) is 5.75 Å². The number of halogens is 3. The monoisotopic (exact) mass is 660 g/mol. The van der Waals surface area contributed by atoms with Crippen molar-refractivity contribution in [3.05, 3.63) is 114 Å². The molecule has 3 N–H and O–H groups in total. The molecule has 0 saturated carbocycles. The normalized spacial score (nSPS) is 17.2. The first-order valence-corrected chi connectivity index (χ1v) is 15.7. The molecule has 252 valence electrons. The summed E-state index contributed by atoms with van der Waals surface area (Å²) in [6.07, 6.45) is -4.79. The van der Waals surface area contributed by atoms with Gasteiger partial charge in [0.05, 0.1) is 23.8 Å². The van der Waals surface area contributed by atoms with Crippen molar-refractivity contribution in [1.82, 2.24) is 9.80 Å². The molecule has 0 unspecified atom stereocenters. The van der Waals surface area contributed by atoms with Gasteiger partial charge < -0.3 is 25.4 Å². The van der Waals surface area contributed by atoms with Gasteiger partial charge in [-0.15, -0.1) is 0 Å². The number of rotatable bonds is 9. The van der Waals surface area contributed by atoms with Crippen molar-refractivity contribution < 1.29 is 32.6 Å². The smallest absolute Gasteiger partial charge is 0.416 e. The van der Waals surface area contributed by atoms with Crippen LogP contribution in [0.3, 0.4) is 0 Å². The van der Waals surface area contributed by atoms with Gasteiger partial charge in [-0.3, -0.25) is 9.69 Å². The summed E-state index contributed by atoms with van der Waals surface area (Å²) in [5, 5.41) is 15.1. The molecular weight excluding hydrogens is 621 g/mol. The Bertz CT molecular complexity index is 1700. The fourth-order valence-electron chi connectivity index (χ4n) is 5.67. The predicted molar refractivity (Wildman–Crippen MR) is 180 cm³/mol. The standard InChI is InChI=1S/C37H39F3N4O4/c1-24-20-44(25(2)23-45)35(46)32-19-31(42-36(47)41-30-15-13-29(14-16-30)37(38,39)40)17-18-33(32)48-34(24)22-43(3)21-26-9-11-28(12-10-26)27-7-5-4-6-8-27/h4-19,24-25,34,45H,20-23H2,1-3H3,(H2,41,42,47)/t24-,25-,34+/m0/s1. The average molecular weight is 661 g/mol. The summed E-state index contributed by atoms with van der Waals surface area (Å²) in [4.78, 5) is 30.3. The van der Waals surface area contributed by atoms with Crippen LogP contribution in [0.25, 0.3) is 11.1 Å². The number of nitrogens with zero attached hydrogens (tertiary/aromatic N) is 2. The van der Waals surface area contributed by atoms with Crippen LogP contribution in [0.15, 0.2) is 97.1 Å². The molecule has 1 aliphatic heterocycles. The number of hydrogen-bond acceptors (Lipinski definition) is 5. The molecule has 0 aromatic heterocycles. The quantitative estimate of drug-likeness (QED) is 0.174. The Labute approximate surface area is 278 Å². The number of ether oxygens (including phenoxy) is 1. The van der Waals surface area contributed by atoms with Crippen LogP contribution in [-0.4, -0.2) is 65.7 Å². The van der Waals surface area contributed by atoms with Crippen LogP contribution in [-0.2, 0) is 12.7 Å². The number of aliphatic hydroxyl groups excluding tert-OH is 1. The number of hydrogen-bond donors (Lipinski definition) is 3. The number of carbonyl (C=O) groups excluding carboxylic acids is 2. The molecular formula is C37H39F3N4O4. The van der Waals surface area contributed by atoms with Gasteiger partial charge in [0, 0.05) is 36.9 Å². The topological polar surface area (TPSA) is 94.1 Å². The van der Waals surface area contributed by atoms with E-state index >= 15 is 0 Å². The van der Waals surface area contributed by atoms with Gasteiger partial charge in [0.25, 0.3) is 5.91 Å². The van der Waals surface area contributed by atoms with Crippen molar-refractivity contribution in [3.8, 4) is 16.9 Å². The molecule has 1 heterocycles. The Morgan fingerprint density at radius 2 is 1.58 bits per heavy atom. The fraction of sp³-hybridized carbons (Fsp3) is 0.297. The van der Waals surface area contributed by atoms with Crippen molar-refractivity contribution in [2.24, 2.45) is 5.92 Å². The number of nitrogens with one attached hydrogen (secondary N) is 2. The molecule has 48 heavy (non-hydrogen) atoms. The van der Waals surface area contributed by atoms with E-state index in [1.165, 1.54) is 6.07 Å². The first-order chi connectivity index (χ1) is 22.9. The van der Waals surface area contributed by atoms with Crippen molar-refractivity contribution >= 4 is 23.3 Å². The zero-order chi connectivity index (χ0) is 34.4. The maximum atomic E-state index is 13.8. The minimum atomic E-state index is -4.49. The third-order valence-corrected chi connectivity index (χ3v) is 8.40. The van der Waals surface area contributed by atoms with Gasteiger partial charge in [-0.1, -0.05) is 61.5 Å². The van der Waals surface area contributed by atoms with Crippen molar-refractivity contribution in [3.63, 3.8) is 0 Å². The van der Waals surface area contributed by atoms with Crippen LogP contribution < -0.4 is 15.4 Å². The van der Waals surface area contributed by atoms with E-state index in [2.05, 4.69) is 51.9 Å². The lowest BCUT2D eigenvalue weighted by molar-refractivity contribution is -0.137. The third-order valence-electron chi connectivity index (χ3n) is 8.40. The Morgan fingerprint density at radius 3 is 2.23 bits per heavy atom. The van der Waals surface area contributed by atoms with Gasteiger partial charge >= 0.3 is 12.2 Å². The second-order valence-electron chi connectivity index (χ2n) is 12.2. The summed E-state index contributed by atoms with van der Waals surface area (Å²) in [5.41, 5.74) is 3.29. The van der Waals surface area contributed by atoms with Crippen LogP contribution >= 0.6 is 0 Å². The molecule has 4 aromatic rings. The number of urea groups is 1. The second kappa shape index (κ2) is 14.9. The number of fused-ring (bicyclic) bond motifs is 1. The summed E-state index contributed by atoms with van der Waals surface area (Å²) in [5.74, 6) is -0.0807. The molecule has 0 fully saturated rings. The summed E-state index contributed by atoms with van der Waals surface area (Å²) in [7, 11) is 2.02. The molecule has 0 bridgehead atoms. The van der Waals surface area contributed by atoms with E-state index in [9.17, 15) is 27.9 Å². The summed E-state index contributed by atoms with van der Waals surface area (Å²) in [6.45, 7) is 5.14. The van der Waals surface area contributed by atoms with Gasteiger partial charge in [0.2, 0.25) is 0 Å². The molecule has 0 saturated heterocycles. The lowest BCUT2D eigenvalue weighted by atomic mass is 9.99. The van der Waals surface area contributed by atoms with Gasteiger partial charge in [-0.2, -0.15) is 13.2 Å². The number of alkyl halides is 3. The molecule has 1 aliphatic rings.